The molecule has 0 aliphatic heterocycles. The number of hydrogen-bond acceptors (Lipinski definition) is 4. The number of rotatable bonds is 8. The maximum Gasteiger partial charge on any atom is 0.491 e. The van der Waals surface area contributed by atoms with Gasteiger partial charge in [-0.1, -0.05) is 19.9 Å². The zero-order chi connectivity index (χ0) is 14.3. The molecule has 0 aromatic heterocycles. The lowest BCUT2D eigenvalue weighted by Crippen LogP contribution is -2.32. The largest absolute Gasteiger partial charge is 0.491 e. The van der Waals surface area contributed by atoms with Gasteiger partial charge in [-0.2, -0.15) is 0 Å². The summed E-state index contributed by atoms with van der Waals surface area (Å²) in [5.41, 5.74) is -0.166. The van der Waals surface area contributed by atoms with E-state index in [-0.39, 0.29) is 5.46 Å². The Bertz CT molecular complexity index is 385. The topological polar surface area (TPSA) is 58.9 Å². The maximum absolute atomic E-state index is 13.4. The van der Waals surface area contributed by atoms with Crippen LogP contribution in [0.2, 0.25) is 0 Å². The van der Waals surface area contributed by atoms with E-state index in [0.29, 0.717) is 31.5 Å². The van der Waals surface area contributed by atoms with Crippen LogP contribution in [-0.2, 0) is 4.74 Å². The summed E-state index contributed by atoms with van der Waals surface area (Å²) in [7, 11) is -1.81. The molecule has 0 saturated heterocycles. The van der Waals surface area contributed by atoms with E-state index in [2.05, 4.69) is 13.8 Å². The molecule has 19 heavy (non-hydrogen) atoms. The first-order valence-electron chi connectivity index (χ1n) is 6.37. The molecule has 2 N–H and O–H groups in total. The number of halogens is 1. The second kappa shape index (κ2) is 8.14. The Kier molecular flexibility index (Phi) is 6.84. The van der Waals surface area contributed by atoms with Gasteiger partial charge in [-0.05, 0) is 18.4 Å². The minimum Gasteiger partial charge on any atom is -0.491 e. The van der Waals surface area contributed by atoms with Gasteiger partial charge in [0, 0.05) is 18.1 Å². The molecule has 0 saturated carbocycles. The summed E-state index contributed by atoms with van der Waals surface area (Å²) in [5.74, 6) is 0.245. The molecule has 4 nitrogen and oxygen atoms in total. The van der Waals surface area contributed by atoms with Gasteiger partial charge in [-0.15, -0.1) is 0 Å². The zero-order valence-electron chi connectivity index (χ0n) is 11.3. The fourth-order valence-corrected chi connectivity index (χ4v) is 1.45. The third-order valence-electron chi connectivity index (χ3n) is 2.59. The first-order chi connectivity index (χ1) is 9.00. The van der Waals surface area contributed by atoms with E-state index in [1.165, 1.54) is 12.1 Å². The molecular weight excluding hydrogens is 250 g/mol. The lowest BCUT2D eigenvalue weighted by molar-refractivity contribution is 0.0925. The lowest BCUT2D eigenvalue weighted by Gasteiger charge is -2.09. The van der Waals surface area contributed by atoms with Crippen molar-refractivity contribution in [1.29, 1.82) is 0 Å². The highest BCUT2D eigenvalue weighted by Gasteiger charge is 2.16. The Morgan fingerprint density at radius 2 is 1.95 bits per heavy atom. The smallest absolute Gasteiger partial charge is 0.491 e. The van der Waals surface area contributed by atoms with Crippen molar-refractivity contribution in [3.63, 3.8) is 0 Å². The van der Waals surface area contributed by atoms with Crippen molar-refractivity contribution in [2.75, 3.05) is 19.8 Å². The number of hydrogen-bond donors (Lipinski definition) is 2. The fourth-order valence-electron chi connectivity index (χ4n) is 1.45. The summed E-state index contributed by atoms with van der Waals surface area (Å²) in [5, 5.41) is 17.7. The van der Waals surface area contributed by atoms with E-state index in [1.807, 2.05) is 0 Å². The van der Waals surface area contributed by atoms with Crippen LogP contribution in [0.3, 0.4) is 0 Å². The molecule has 0 atom stereocenters. The van der Waals surface area contributed by atoms with Crippen LogP contribution in [0.1, 0.15) is 20.3 Å². The van der Waals surface area contributed by atoms with Gasteiger partial charge in [-0.3, -0.25) is 0 Å². The van der Waals surface area contributed by atoms with Gasteiger partial charge in [0.15, 0.2) is 0 Å². The average Bonchev–Trinajstić information content (AvgIpc) is 2.32. The molecule has 0 aliphatic carbocycles. The van der Waals surface area contributed by atoms with Crippen molar-refractivity contribution >= 4 is 12.6 Å². The van der Waals surface area contributed by atoms with E-state index in [4.69, 9.17) is 19.5 Å². The van der Waals surface area contributed by atoms with Gasteiger partial charge in [-0.25, -0.2) is 4.39 Å². The quantitative estimate of drug-likeness (QED) is 0.545. The van der Waals surface area contributed by atoms with Crippen LogP contribution in [0.25, 0.3) is 0 Å². The summed E-state index contributed by atoms with van der Waals surface area (Å²) in [6.07, 6.45) is 0.998. The molecule has 0 bridgehead atoms. The number of benzene rings is 1. The van der Waals surface area contributed by atoms with Crippen LogP contribution in [-0.4, -0.2) is 37.0 Å². The Balaban J connectivity index is 2.28. The summed E-state index contributed by atoms with van der Waals surface area (Å²) in [4.78, 5) is 0. The molecule has 0 unspecified atom stereocenters. The Morgan fingerprint density at radius 3 is 2.53 bits per heavy atom. The second-order valence-corrected chi connectivity index (χ2v) is 4.70. The summed E-state index contributed by atoms with van der Waals surface area (Å²) in [6, 6.07) is 3.91. The van der Waals surface area contributed by atoms with Gasteiger partial charge in [0.1, 0.15) is 18.2 Å². The minimum atomic E-state index is -1.81. The molecule has 1 aromatic carbocycles. The highest BCUT2D eigenvalue weighted by Crippen LogP contribution is 2.11. The minimum absolute atomic E-state index is 0.166. The van der Waals surface area contributed by atoms with Crippen molar-refractivity contribution in [3.8, 4) is 5.75 Å². The van der Waals surface area contributed by atoms with Crippen molar-refractivity contribution in [3.05, 3.63) is 24.0 Å². The molecule has 0 spiro atoms. The molecule has 1 rings (SSSR count). The molecule has 106 valence electrons. The fraction of sp³-hybridized carbons (Fsp3) is 0.538. The monoisotopic (exact) mass is 270 g/mol. The first-order valence-corrected chi connectivity index (χ1v) is 6.37. The molecule has 0 fully saturated rings. The van der Waals surface area contributed by atoms with Crippen LogP contribution in [0.4, 0.5) is 4.39 Å². The van der Waals surface area contributed by atoms with Gasteiger partial charge in [0.05, 0.1) is 6.61 Å². The zero-order valence-corrected chi connectivity index (χ0v) is 11.3. The van der Waals surface area contributed by atoms with E-state index in [1.54, 1.807) is 0 Å². The molecule has 1 aromatic rings. The Labute approximate surface area is 113 Å². The van der Waals surface area contributed by atoms with Crippen LogP contribution < -0.4 is 10.2 Å². The third-order valence-corrected chi connectivity index (χ3v) is 2.59. The maximum atomic E-state index is 13.4. The average molecular weight is 270 g/mol. The SMILES string of the molecule is CC(C)CCOCCOc1ccc(B(O)O)c(F)c1. The standard InChI is InChI=1S/C13H20BFO4/c1-10(2)5-6-18-7-8-19-11-3-4-12(14(16)17)13(15)9-11/h3-4,9-10,16-17H,5-8H2,1-2H3. The Morgan fingerprint density at radius 1 is 1.21 bits per heavy atom. The summed E-state index contributed by atoms with van der Waals surface area (Å²) >= 11 is 0. The number of ether oxygens (including phenoxy) is 2. The second-order valence-electron chi connectivity index (χ2n) is 4.70. The van der Waals surface area contributed by atoms with Crippen LogP contribution in [0.15, 0.2) is 18.2 Å². The molecule has 6 heteroatoms. The van der Waals surface area contributed by atoms with E-state index in [0.717, 1.165) is 12.5 Å². The van der Waals surface area contributed by atoms with Crippen molar-refractivity contribution in [2.45, 2.75) is 20.3 Å². The Hall–Kier alpha value is -1.11. The summed E-state index contributed by atoms with van der Waals surface area (Å²) < 4.78 is 24.0. The van der Waals surface area contributed by atoms with Crippen LogP contribution in [0, 0.1) is 11.7 Å². The molecule has 0 amide bonds. The van der Waals surface area contributed by atoms with Crippen LogP contribution >= 0.6 is 0 Å². The third kappa shape index (κ3) is 6.05. The summed E-state index contributed by atoms with van der Waals surface area (Å²) in [6.45, 7) is 5.71. The predicted molar refractivity (Wildman–Crippen MR) is 72.0 cm³/mol. The predicted octanol–water partition coefficient (Wildman–Crippen LogP) is 0.947. The normalized spacial score (nSPS) is 10.8. The van der Waals surface area contributed by atoms with Gasteiger partial charge in [0.25, 0.3) is 0 Å². The van der Waals surface area contributed by atoms with E-state index < -0.39 is 12.9 Å². The first kappa shape index (κ1) is 16.0. The van der Waals surface area contributed by atoms with Gasteiger partial charge in [0.2, 0.25) is 0 Å². The van der Waals surface area contributed by atoms with Crippen LogP contribution in [0.5, 0.6) is 5.75 Å². The molecule has 0 aliphatic rings. The van der Waals surface area contributed by atoms with Gasteiger partial charge >= 0.3 is 7.12 Å². The van der Waals surface area contributed by atoms with Crippen molar-refractivity contribution < 1.29 is 23.9 Å². The van der Waals surface area contributed by atoms with Crippen molar-refractivity contribution in [2.24, 2.45) is 5.92 Å². The van der Waals surface area contributed by atoms with Crippen molar-refractivity contribution in [1.82, 2.24) is 0 Å². The highest BCUT2D eigenvalue weighted by molar-refractivity contribution is 6.58. The molecule has 0 heterocycles. The molecule has 0 radical (unpaired) electrons. The molecular formula is C13H20BFO4. The lowest BCUT2D eigenvalue weighted by atomic mass is 9.80. The highest BCUT2D eigenvalue weighted by atomic mass is 19.1. The van der Waals surface area contributed by atoms with E-state index in [9.17, 15) is 4.39 Å². The van der Waals surface area contributed by atoms with E-state index >= 15 is 0 Å². The van der Waals surface area contributed by atoms with Gasteiger partial charge < -0.3 is 19.5 Å².